The Labute approximate surface area is 144 Å². The van der Waals surface area contributed by atoms with Gasteiger partial charge in [0.2, 0.25) is 15.9 Å². The normalized spacial score (nSPS) is 16.5. The Balaban J connectivity index is 2.16. The molecule has 0 atom stereocenters. The van der Waals surface area contributed by atoms with Crippen molar-refractivity contribution in [3.63, 3.8) is 0 Å². The van der Waals surface area contributed by atoms with E-state index in [1.165, 1.54) is 4.31 Å². The van der Waals surface area contributed by atoms with Crippen LogP contribution < -0.4 is 4.74 Å². The summed E-state index contributed by atoms with van der Waals surface area (Å²) in [5.74, 6) is 0.704. The molecule has 134 valence electrons. The maximum atomic E-state index is 12.8. The predicted molar refractivity (Wildman–Crippen MR) is 92.5 cm³/mol. The van der Waals surface area contributed by atoms with Gasteiger partial charge in [-0.15, -0.1) is 0 Å². The van der Waals surface area contributed by atoms with Crippen molar-refractivity contribution in [3.8, 4) is 5.75 Å². The fourth-order valence-electron chi connectivity index (χ4n) is 2.85. The topological polar surface area (TPSA) is 66.9 Å². The van der Waals surface area contributed by atoms with Crippen LogP contribution >= 0.6 is 0 Å². The summed E-state index contributed by atoms with van der Waals surface area (Å²) < 4.78 is 32.4. The van der Waals surface area contributed by atoms with Crippen LogP contribution in [-0.2, 0) is 21.2 Å². The number of sulfonamides is 1. The second-order valence-electron chi connectivity index (χ2n) is 6.21. The Morgan fingerprint density at radius 1 is 1.21 bits per heavy atom. The fraction of sp³-hybridized carbons (Fsp3) is 0.588. The molecule has 0 unspecified atom stereocenters. The number of carbonyl (C=O) groups excluding carboxylic acids is 1. The van der Waals surface area contributed by atoms with Crippen LogP contribution in [0.1, 0.15) is 26.3 Å². The van der Waals surface area contributed by atoms with Gasteiger partial charge in [0.15, 0.2) is 0 Å². The van der Waals surface area contributed by atoms with Gasteiger partial charge in [0.1, 0.15) is 5.75 Å². The molecule has 1 aliphatic rings. The molecule has 1 aliphatic heterocycles. The molecule has 0 bridgehead atoms. The van der Waals surface area contributed by atoms with Crippen molar-refractivity contribution in [1.82, 2.24) is 9.21 Å². The third-order valence-corrected chi connectivity index (χ3v) is 6.21. The maximum Gasteiger partial charge on any atom is 0.243 e. The van der Waals surface area contributed by atoms with E-state index in [0.29, 0.717) is 38.3 Å². The number of nitrogens with zero attached hydrogens (tertiary/aromatic N) is 2. The van der Waals surface area contributed by atoms with Gasteiger partial charge in [0.25, 0.3) is 0 Å². The van der Waals surface area contributed by atoms with Gasteiger partial charge in [-0.1, -0.05) is 20.8 Å². The molecule has 1 aromatic rings. The Kier molecular flexibility index (Phi) is 5.87. The predicted octanol–water partition coefficient (Wildman–Crippen LogP) is 1.75. The van der Waals surface area contributed by atoms with Crippen LogP contribution in [0.3, 0.4) is 0 Å². The lowest BCUT2D eigenvalue weighted by Gasteiger charge is -2.35. The van der Waals surface area contributed by atoms with Crippen molar-refractivity contribution >= 4 is 15.9 Å². The van der Waals surface area contributed by atoms with Crippen molar-refractivity contribution in [2.45, 2.75) is 32.1 Å². The number of methoxy groups -OCH3 is 1. The largest absolute Gasteiger partial charge is 0.496 e. The van der Waals surface area contributed by atoms with Crippen LogP contribution in [0, 0.1) is 5.92 Å². The Hall–Kier alpha value is -1.60. The molecule has 0 aromatic heterocycles. The third kappa shape index (κ3) is 3.72. The zero-order valence-corrected chi connectivity index (χ0v) is 15.6. The van der Waals surface area contributed by atoms with E-state index in [2.05, 4.69) is 0 Å². The molecular formula is C17H26N2O4S. The summed E-state index contributed by atoms with van der Waals surface area (Å²) in [5.41, 5.74) is 0.868. The number of benzene rings is 1. The highest BCUT2D eigenvalue weighted by atomic mass is 32.2. The van der Waals surface area contributed by atoms with Crippen LogP contribution in [0.4, 0.5) is 0 Å². The van der Waals surface area contributed by atoms with Gasteiger partial charge in [-0.3, -0.25) is 4.79 Å². The van der Waals surface area contributed by atoms with E-state index in [9.17, 15) is 13.2 Å². The Bertz CT molecular complexity index is 693. The average molecular weight is 354 g/mol. The lowest BCUT2D eigenvalue weighted by molar-refractivity contribution is -0.135. The molecule has 7 heteroatoms. The molecular weight excluding hydrogens is 328 g/mol. The van der Waals surface area contributed by atoms with E-state index in [0.717, 1.165) is 5.56 Å². The van der Waals surface area contributed by atoms with Gasteiger partial charge < -0.3 is 9.64 Å². The maximum absolute atomic E-state index is 12.8. The number of hydrogen-bond acceptors (Lipinski definition) is 4. The lowest BCUT2D eigenvalue weighted by atomic mass is 10.1. The van der Waals surface area contributed by atoms with E-state index in [-0.39, 0.29) is 16.7 Å². The summed E-state index contributed by atoms with van der Waals surface area (Å²) in [6.07, 6.45) is 0.698. The highest BCUT2D eigenvalue weighted by Crippen LogP contribution is 2.25. The molecule has 1 aromatic carbocycles. The van der Waals surface area contributed by atoms with Crippen molar-refractivity contribution in [2.24, 2.45) is 5.92 Å². The highest BCUT2D eigenvalue weighted by Gasteiger charge is 2.31. The van der Waals surface area contributed by atoms with E-state index in [4.69, 9.17) is 4.74 Å². The van der Waals surface area contributed by atoms with Crippen molar-refractivity contribution in [2.75, 3.05) is 33.3 Å². The zero-order valence-electron chi connectivity index (χ0n) is 14.8. The first-order chi connectivity index (χ1) is 11.3. The quantitative estimate of drug-likeness (QED) is 0.808. The summed E-state index contributed by atoms with van der Waals surface area (Å²) in [7, 11) is -1.97. The number of aryl methyl sites for hydroxylation is 1. The van der Waals surface area contributed by atoms with Crippen LogP contribution in [-0.4, -0.2) is 56.8 Å². The van der Waals surface area contributed by atoms with Crippen LogP contribution in [0.2, 0.25) is 0 Å². The molecule has 0 saturated carbocycles. The molecule has 0 N–H and O–H groups in total. The first kappa shape index (κ1) is 18.7. The smallest absolute Gasteiger partial charge is 0.243 e. The monoisotopic (exact) mass is 354 g/mol. The number of ether oxygens (including phenoxy) is 1. The minimum Gasteiger partial charge on any atom is -0.496 e. The van der Waals surface area contributed by atoms with Crippen molar-refractivity contribution in [3.05, 3.63) is 23.8 Å². The van der Waals surface area contributed by atoms with Crippen LogP contribution in [0.15, 0.2) is 23.1 Å². The zero-order chi connectivity index (χ0) is 17.9. The Morgan fingerprint density at radius 3 is 2.33 bits per heavy atom. The van der Waals surface area contributed by atoms with Gasteiger partial charge in [-0.2, -0.15) is 4.31 Å². The minimum absolute atomic E-state index is 0.0677. The van der Waals surface area contributed by atoms with Gasteiger partial charge in [-0.05, 0) is 30.2 Å². The third-order valence-electron chi connectivity index (χ3n) is 4.31. The molecule has 1 saturated heterocycles. The first-order valence-electron chi connectivity index (χ1n) is 8.27. The summed E-state index contributed by atoms with van der Waals surface area (Å²) in [4.78, 5) is 14.0. The summed E-state index contributed by atoms with van der Waals surface area (Å²) in [5, 5.41) is 0. The number of carbonyl (C=O) groups is 1. The number of amides is 1. The SMILES string of the molecule is CCc1cc(S(=O)(=O)N2CCN(C(=O)C(C)C)CC2)ccc1OC. The molecule has 1 amide bonds. The van der Waals surface area contributed by atoms with Gasteiger partial charge in [0.05, 0.1) is 12.0 Å². The second kappa shape index (κ2) is 7.53. The van der Waals surface area contributed by atoms with Crippen molar-refractivity contribution < 1.29 is 17.9 Å². The number of hydrogen-bond donors (Lipinski definition) is 0. The molecule has 6 nitrogen and oxygen atoms in total. The minimum atomic E-state index is -3.55. The van der Waals surface area contributed by atoms with Crippen LogP contribution in [0.25, 0.3) is 0 Å². The second-order valence-corrected chi connectivity index (χ2v) is 8.15. The van der Waals surface area contributed by atoms with E-state index >= 15 is 0 Å². The molecule has 24 heavy (non-hydrogen) atoms. The summed E-state index contributed by atoms with van der Waals surface area (Å²) in [6, 6.07) is 4.96. The molecule has 2 rings (SSSR count). The standard InChI is InChI=1S/C17H26N2O4S/c1-5-14-12-15(6-7-16(14)23-4)24(21,22)19-10-8-18(9-11-19)17(20)13(2)3/h6-7,12-13H,5,8-11H2,1-4H3. The van der Waals surface area contributed by atoms with E-state index in [1.807, 2.05) is 20.8 Å². The van der Waals surface area contributed by atoms with Crippen molar-refractivity contribution in [1.29, 1.82) is 0 Å². The number of piperazine rings is 1. The molecule has 0 spiro atoms. The van der Waals surface area contributed by atoms with E-state index < -0.39 is 10.0 Å². The average Bonchev–Trinajstić information content (AvgIpc) is 2.60. The summed E-state index contributed by atoms with van der Waals surface area (Å²) >= 11 is 0. The number of rotatable bonds is 5. The molecule has 1 heterocycles. The van der Waals surface area contributed by atoms with E-state index in [1.54, 1.807) is 30.2 Å². The molecule has 0 aliphatic carbocycles. The lowest BCUT2D eigenvalue weighted by Crippen LogP contribution is -2.51. The van der Waals surface area contributed by atoms with Gasteiger partial charge in [0, 0.05) is 32.1 Å². The summed E-state index contributed by atoms with van der Waals surface area (Å²) in [6.45, 7) is 7.21. The van der Waals surface area contributed by atoms with Crippen LogP contribution in [0.5, 0.6) is 5.75 Å². The van der Waals surface area contributed by atoms with Gasteiger partial charge >= 0.3 is 0 Å². The molecule has 0 radical (unpaired) electrons. The Morgan fingerprint density at radius 2 is 1.83 bits per heavy atom. The fourth-order valence-corrected chi connectivity index (χ4v) is 4.33. The van der Waals surface area contributed by atoms with Gasteiger partial charge in [-0.25, -0.2) is 8.42 Å². The highest BCUT2D eigenvalue weighted by molar-refractivity contribution is 7.89. The molecule has 1 fully saturated rings. The first-order valence-corrected chi connectivity index (χ1v) is 9.71.